The molecule has 0 N–H and O–H groups in total. The van der Waals surface area contributed by atoms with E-state index >= 15 is 0 Å². The Morgan fingerprint density at radius 3 is 1.77 bits per heavy atom. The Kier molecular flexibility index (Phi) is 5.63. The molecule has 0 aromatic heterocycles. The molecule has 2 saturated heterocycles. The summed E-state index contributed by atoms with van der Waals surface area (Å²) in [6, 6.07) is 0. The zero-order chi connectivity index (χ0) is 16.1. The first-order valence-electron chi connectivity index (χ1n) is 7.64. The average molecular weight is 316 g/mol. The molecule has 2 heterocycles. The van der Waals surface area contributed by atoms with Crippen LogP contribution < -0.4 is 0 Å². The Morgan fingerprint density at radius 1 is 0.864 bits per heavy atom. The maximum absolute atomic E-state index is 11.6. The van der Waals surface area contributed by atoms with Gasteiger partial charge in [0.25, 0.3) is 0 Å². The summed E-state index contributed by atoms with van der Waals surface area (Å²) in [5.74, 6) is -0.575. The smallest absolute Gasteiger partial charge is 0.462 e. The lowest BCUT2D eigenvalue weighted by molar-refractivity contribution is -0.173. The number of hydrogen-bond acceptors (Lipinski definition) is 7. The molecule has 2 fully saturated rings. The van der Waals surface area contributed by atoms with Crippen molar-refractivity contribution in [2.75, 3.05) is 46.2 Å². The van der Waals surface area contributed by atoms with Gasteiger partial charge in [0.15, 0.2) is 6.61 Å². The maximum atomic E-state index is 11.6. The van der Waals surface area contributed by atoms with Crippen molar-refractivity contribution < 1.29 is 33.3 Å². The molecule has 0 atom stereocenters. The molecule has 0 unspecified atom stereocenters. The summed E-state index contributed by atoms with van der Waals surface area (Å²) in [6.45, 7) is 6.50. The highest BCUT2D eigenvalue weighted by atomic mass is 16.7. The van der Waals surface area contributed by atoms with Gasteiger partial charge in [-0.3, -0.25) is 0 Å². The van der Waals surface area contributed by atoms with Crippen molar-refractivity contribution in [1.82, 2.24) is 0 Å². The lowest BCUT2D eigenvalue weighted by atomic mass is 9.84. The van der Waals surface area contributed by atoms with Gasteiger partial charge in [-0.2, -0.15) is 0 Å². The Bertz CT molecular complexity index is 350. The van der Waals surface area contributed by atoms with Gasteiger partial charge in [0.1, 0.15) is 13.2 Å². The second-order valence-corrected chi connectivity index (χ2v) is 6.18. The molecular weight excluding hydrogens is 292 g/mol. The van der Waals surface area contributed by atoms with Gasteiger partial charge >= 0.3 is 12.1 Å². The molecule has 22 heavy (non-hydrogen) atoms. The summed E-state index contributed by atoms with van der Waals surface area (Å²) in [5.41, 5.74) is -0.175. The molecule has 0 saturated carbocycles. The van der Waals surface area contributed by atoms with Crippen molar-refractivity contribution >= 4 is 12.1 Å². The van der Waals surface area contributed by atoms with E-state index in [0.717, 1.165) is 12.8 Å². The fourth-order valence-corrected chi connectivity index (χ4v) is 2.21. The van der Waals surface area contributed by atoms with E-state index in [2.05, 4.69) is 0 Å². The SMILES string of the molecule is CCC1(COC(=O)COC(=O)OCC2(CC)COC2)COC1. The number of esters is 1. The van der Waals surface area contributed by atoms with Gasteiger partial charge < -0.3 is 23.7 Å². The summed E-state index contributed by atoms with van der Waals surface area (Å²) in [5, 5.41) is 0. The van der Waals surface area contributed by atoms with Crippen LogP contribution in [0.1, 0.15) is 26.7 Å². The van der Waals surface area contributed by atoms with Gasteiger partial charge in [-0.1, -0.05) is 13.8 Å². The van der Waals surface area contributed by atoms with Crippen LogP contribution in [-0.4, -0.2) is 58.4 Å². The molecule has 0 amide bonds. The summed E-state index contributed by atoms with van der Waals surface area (Å²) < 4.78 is 25.2. The number of rotatable bonds is 8. The Hall–Kier alpha value is -1.34. The zero-order valence-electron chi connectivity index (χ0n) is 13.2. The van der Waals surface area contributed by atoms with E-state index in [-0.39, 0.29) is 24.0 Å². The molecule has 0 aromatic rings. The predicted octanol–water partition coefficient (Wildman–Crippen LogP) is 1.54. The van der Waals surface area contributed by atoms with Crippen LogP contribution in [0.3, 0.4) is 0 Å². The maximum Gasteiger partial charge on any atom is 0.508 e. The van der Waals surface area contributed by atoms with Crippen molar-refractivity contribution in [3.05, 3.63) is 0 Å². The van der Waals surface area contributed by atoms with Crippen LogP contribution in [0, 0.1) is 10.8 Å². The molecular formula is C15H24O7. The van der Waals surface area contributed by atoms with Crippen molar-refractivity contribution in [2.24, 2.45) is 10.8 Å². The third-order valence-electron chi connectivity index (χ3n) is 4.48. The second kappa shape index (κ2) is 7.28. The minimum atomic E-state index is -0.853. The lowest BCUT2D eigenvalue weighted by Crippen LogP contribution is -2.46. The van der Waals surface area contributed by atoms with Crippen LogP contribution in [0.25, 0.3) is 0 Å². The highest BCUT2D eigenvalue weighted by molar-refractivity contribution is 5.73. The largest absolute Gasteiger partial charge is 0.508 e. The van der Waals surface area contributed by atoms with Crippen molar-refractivity contribution in [2.45, 2.75) is 26.7 Å². The first-order chi connectivity index (χ1) is 10.5. The molecule has 126 valence electrons. The van der Waals surface area contributed by atoms with Crippen LogP contribution in [0.4, 0.5) is 4.79 Å². The number of carbonyl (C=O) groups excluding carboxylic acids is 2. The van der Waals surface area contributed by atoms with Crippen molar-refractivity contribution in [1.29, 1.82) is 0 Å². The summed E-state index contributed by atoms with van der Waals surface area (Å²) >= 11 is 0. The molecule has 0 spiro atoms. The van der Waals surface area contributed by atoms with E-state index < -0.39 is 18.7 Å². The number of ether oxygens (including phenoxy) is 5. The Labute approximate surface area is 130 Å². The molecule has 2 aliphatic heterocycles. The van der Waals surface area contributed by atoms with Crippen LogP contribution in [0.2, 0.25) is 0 Å². The highest BCUT2D eigenvalue weighted by Gasteiger charge is 2.39. The van der Waals surface area contributed by atoms with E-state index in [0.29, 0.717) is 26.4 Å². The van der Waals surface area contributed by atoms with Gasteiger partial charge in [0.05, 0.1) is 37.3 Å². The Morgan fingerprint density at radius 2 is 1.36 bits per heavy atom. The predicted molar refractivity (Wildman–Crippen MR) is 75.3 cm³/mol. The molecule has 2 rings (SSSR count). The minimum Gasteiger partial charge on any atom is -0.462 e. The Balaban J connectivity index is 1.58. The molecule has 7 nitrogen and oxygen atoms in total. The molecule has 7 heteroatoms. The fourth-order valence-electron chi connectivity index (χ4n) is 2.21. The van der Waals surface area contributed by atoms with Gasteiger partial charge in [-0.05, 0) is 12.8 Å². The van der Waals surface area contributed by atoms with Crippen LogP contribution in [0.5, 0.6) is 0 Å². The van der Waals surface area contributed by atoms with Crippen LogP contribution in [0.15, 0.2) is 0 Å². The van der Waals surface area contributed by atoms with Gasteiger partial charge in [-0.25, -0.2) is 9.59 Å². The van der Waals surface area contributed by atoms with E-state index in [9.17, 15) is 9.59 Å². The topological polar surface area (TPSA) is 80.3 Å². The third kappa shape index (κ3) is 4.10. The second-order valence-electron chi connectivity index (χ2n) is 6.18. The van der Waals surface area contributed by atoms with Gasteiger partial charge in [0, 0.05) is 0 Å². The number of hydrogen-bond donors (Lipinski definition) is 0. The third-order valence-corrected chi connectivity index (χ3v) is 4.48. The van der Waals surface area contributed by atoms with E-state index in [1.54, 1.807) is 0 Å². The summed E-state index contributed by atoms with van der Waals surface area (Å²) in [6.07, 6.45) is 0.891. The van der Waals surface area contributed by atoms with Gasteiger partial charge in [-0.15, -0.1) is 0 Å². The first-order valence-corrected chi connectivity index (χ1v) is 7.64. The minimum absolute atomic E-state index is 0.0755. The molecule has 0 aromatic carbocycles. The fraction of sp³-hybridized carbons (Fsp3) is 0.867. The van der Waals surface area contributed by atoms with Crippen LogP contribution >= 0.6 is 0 Å². The molecule has 0 radical (unpaired) electrons. The molecule has 0 aliphatic carbocycles. The average Bonchev–Trinajstić information content (AvgIpc) is 2.44. The van der Waals surface area contributed by atoms with Crippen molar-refractivity contribution in [3.8, 4) is 0 Å². The van der Waals surface area contributed by atoms with Crippen LogP contribution in [-0.2, 0) is 28.5 Å². The molecule has 0 bridgehead atoms. The normalized spacial score (nSPS) is 21.2. The monoisotopic (exact) mass is 316 g/mol. The molecule has 2 aliphatic rings. The summed E-state index contributed by atoms with van der Waals surface area (Å²) in [7, 11) is 0. The lowest BCUT2D eigenvalue weighted by Gasteiger charge is -2.40. The summed E-state index contributed by atoms with van der Waals surface area (Å²) in [4.78, 5) is 23.0. The van der Waals surface area contributed by atoms with E-state index in [4.69, 9.17) is 23.7 Å². The van der Waals surface area contributed by atoms with E-state index in [1.165, 1.54) is 0 Å². The highest BCUT2D eigenvalue weighted by Crippen LogP contribution is 2.32. The van der Waals surface area contributed by atoms with E-state index in [1.807, 2.05) is 13.8 Å². The standard InChI is InChI=1S/C15H24O7/c1-3-14(6-18-7-14)10-21-12(16)5-20-13(17)22-11-15(4-2)8-19-9-15/h3-11H2,1-2H3. The first kappa shape index (κ1) is 17.0. The van der Waals surface area contributed by atoms with Gasteiger partial charge in [0.2, 0.25) is 0 Å². The zero-order valence-corrected chi connectivity index (χ0v) is 13.2. The van der Waals surface area contributed by atoms with Crippen molar-refractivity contribution in [3.63, 3.8) is 0 Å². The quantitative estimate of drug-likeness (QED) is 0.628. The number of carbonyl (C=O) groups is 2.